The Balaban J connectivity index is 3.04. The van der Waals surface area contributed by atoms with Crippen LogP contribution in [0.3, 0.4) is 0 Å². The van der Waals surface area contributed by atoms with Crippen LogP contribution in [0.2, 0.25) is 0 Å². The lowest BCUT2D eigenvalue weighted by molar-refractivity contribution is -0.108. The first-order chi connectivity index (χ1) is 4.31. The molecule has 0 bridgehead atoms. The van der Waals surface area contributed by atoms with E-state index < -0.39 is 0 Å². The maximum absolute atomic E-state index is 9.87. The Labute approximate surface area is 55.4 Å². The minimum absolute atomic E-state index is 0.0195. The Morgan fingerprint density at radius 2 is 2.22 bits per heavy atom. The number of hydrogen-bond acceptors (Lipinski definition) is 3. The van der Waals surface area contributed by atoms with Gasteiger partial charge in [0.2, 0.25) is 0 Å². The number of aldehydes is 1. The van der Waals surface area contributed by atoms with Crippen molar-refractivity contribution in [3.8, 4) is 0 Å². The van der Waals surface area contributed by atoms with Crippen LogP contribution >= 0.6 is 0 Å². The molecule has 0 aliphatic heterocycles. The van der Waals surface area contributed by atoms with Crippen molar-refractivity contribution in [2.75, 3.05) is 6.54 Å². The molecule has 0 spiro atoms. The van der Waals surface area contributed by atoms with Crippen LogP contribution in [-0.4, -0.2) is 18.9 Å². The van der Waals surface area contributed by atoms with E-state index in [1.807, 2.05) is 0 Å². The molecule has 0 radical (unpaired) electrons. The Bertz CT molecular complexity index is 75.5. The van der Waals surface area contributed by atoms with Gasteiger partial charge in [0.15, 0.2) is 0 Å². The lowest BCUT2D eigenvalue weighted by atomic mass is 10.1. The van der Waals surface area contributed by atoms with E-state index in [-0.39, 0.29) is 6.04 Å². The highest BCUT2D eigenvalue weighted by molar-refractivity contribution is 5.50. The van der Waals surface area contributed by atoms with Crippen molar-refractivity contribution >= 4 is 6.29 Å². The smallest absolute Gasteiger partial charge is 0.121 e. The number of rotatable bonds is 5. The zero-order valence-electron chi connectivity index (χ0n) is 5.55. The largest absolute Gasteiger partial charge is 0.330 e. The summed E-state index contributed by atoms with van der Waals surface area (Å²) in [6.07, 6.45) is 3.07. The summed E-state index contributed by atoms with van der Waals surface area (Å²) in [5.74, 6) is 0. The third-order valence-corrected chi connectivity index (χ3v) is 1.18. The van der Waals surface area contributed by atoms with Gasteiger partial charge in [0.1, 0.15) is 6.29 Å². The van der Waals surface area contributed by atoms with Crippen LogP contribution in [0, 0.1) is 0 Å². The van der Waals surface area contributed by atoms with Gasteiger partial charge in [-0.1, -0.05) is 0 Å². The summed E-state index contributed by atoms with van der Waals surface area (Å²) in [5, 5.41) is 0. The van der Waals surface area contributed by atoms with Gasteiger partial charge in [-0.3, -0.25) is 0 Å². The molecule has 0 aliphatic carbocycles. The number of carbonyl (C=O) groups excluding carboxylic acids is 1. The normalized spacial score (nSPS) is 13.1. The summed E-state index contributed by atoms with van der Waals surface area (Å²) in [5.41, 5.74) is 10.7. The number of carbonyl (C=O) groups is 1. The first-order valence-corrected chi connectivity index (χ1v) is 3.20. The molecule has 1 atom stereocenters. The van der Waals surface area contributed by atoms with Crippen LogP contribution in [0.25, 0.3) is 0 Å². The molecule has 0 aromatic heterocycles. The van der Waals surface area contributed by atoms with Gasteiger partial charge >= 0.3 is 0 Å². The molecule has 0 saturated carbocycles. The molecule has 0 rings (SSSR count). The highest BCUT2D eigenvalue weighted by atomic mass is 16.1. The second-order valence-corrected chi connectivity index (χ2v) is 2.09. The second kappa shape index (κ2) is 5.72. The summed E-state index contributed by atoms with van der Waals surface area (Å²) in [6.45, 7) is 0.659. The van der Waals surface area contributed by atoms with Gasteiger partial charge in [0.05, 0.1) is 0 Å². The van der Waals surface area contributed by atoms with Gasteiger partial charge in [0.25, 0.3) is 0 Å². The first-order valence-electron chi connectivity index (χ1n) is 3.20. The molecule has 0 aromatic rings. The van der Waals surface area contributed by atoms with Crippen LogP contribution in [0.5, 0.6) is 0 Å². The molecular weight excluding hydrogens is 116 g/mol. The van der Waals surface area contributed by atoms with Gasteiger partial charge < -0.3 is 16.3 Å². The standard InChI is InChI=1S/C6H14N2O/c7-4-1-2-6(8)3-5-9/h5-6H,1-4,7-8H2. The molecule has 4 N–H and O–H groups in total. The Morgan fingerprint density at radius 1 is 1.56 bits per heavy atom. The molecule has 0 aliphatic rings. The van der Waals surface area contributed by atoms with Crippen molar-refractivity contribution in [1.29, 1.82) is 0 Å². The van der Waals surface area contributed by atoms with Crippen LogP contribution in [0.15, 0.2) is 0 Å². The fourth-order valence-electron chi connectivity index (χ4n) is 0.621. The van der Waals surface area contributed by atoms with Crippen LogP contribution in [-0.2, 0) is 4.79 Å². The van der Waals surface area contributed by atoms with Crippen LogP contribution in [0.1, 0.15) is 19.3 Å². The predicted molar refractivity (Wildman–Crippen MR) is 36.9 cm³/mol. The summed E-state index contributed by atoms with van der Waals surface area (Å²) < 4.78 is 0. The van der Waals surface area contributed by atoms with Gasteiger partial charge in [-0.2, -0.15) is 0 Å². The quantitative estimate of drug-likeness (QED) is 0.499. The Morgan fingerprint density at radius 3 is 2.67 bits per heavy atom. The zero-order chi connectivity index (χ0) is 7.11. The minimum atomic E-state index is 0.0195. The zero-order valence-corrected chi connectivity index (χ0v) is 5.55. The third-order valence-electron chi connectivity index (χ3n) is 1.18. The average molecular weight is 130 g/mol. The van der Waals surface area contributed by atoms with E-state index in [0.29, 0.717) is 13.0 Å². The fraction of sp³-hybridized carbons (Fsp3) is 0.833. The topological polar surface area (TPSA) is 69.1 Å². The molecule has 0 aromatic carbocycles. The summed E-state index contributed by atoms with van der Waals surface area (Å²) in [6, 6.07) is 0.0195. The average Bonchev–Trinajstić information content (AvgIpc) is 1.85. The lowest BCUT2D eigenvalue weighted by Crippen LogP contribution is -2.21. The molecule has 3 heteroatoms. The third kappa shape index (κ3) is 5.46. The van der Waals surface area contributed by atoms with Gasteiger partial charge in [-0.05, 0) is 19.4 Å². The van der Waals surface area contributed by atoms with Crippen LogP contribution < -0.4 is 11.5 Å². The van der Waals surface area contributed by atoms with E-state index in [4.69, 9.17) is 11.5 Å². The van der Waals surface area contributed by atoms with Crippen molar-refractivity contribution in [2.24, 2.45) is 11.5 Å². The summed E-state index contributed by atoms with van der Waals surface area (Å²) >= 11 is 0. The highest BCUT2D eigenvalue weighted by Crippen LogP contribution is 1.94. The molecule has 0 saturated heterocycles. The van der Waals surface area contributed by atoms with Gasteiger partial charge in [0, 0.05) is 12.5 Å². The lowest BCUT2D eigenvalue weighted by Gasteiger charge is -2.04. The van der Waals surface area contributed by atoms with Gasteiger partial charge in [-0.25, -0.2) is 0 Å². The summed E-state index contributed by atoms with van der Waals surface area (Å²) in [7, 11) is 0. The van der Waals surface area contributed by atoms with Crippen molar-refractivity contribution < 1.29 is 4.79 Å². The predicted octanol–water partition coefficient (Wildman–Crippen LogP) is -0.358. The van der Waals surface area contributed by atoms with E-state index >= 15 is 0 Å². The SMILES string of the molecule is NCCCC(N)CC=O. The number of hydrogen-bond donors (Lipinski definition) is 2. The monoisotopic (exact) mass is 130 g/mol. The van der Waals surface area contributed by atoms with Crippen molar-refractivity contribution in [3.05, 3.63) is 0 Å². The maximum Gasteiger partial charge on any atom is 0.121 e. The Kier molecular flexibility index (Phi) is 5.46. The van der Waals surface area contributed by atoms with E-state index in [2.05, 4.69) is 0 Å². The molecule has 0 fully saturated rings. The molecular formula is C6H14N2O. The van der Waals surface area contributed by atoms with E-state index in [0.717, 1.165) is 19.1 Å². The fourth-order valence-corrected chi connectivity index (χ4v) is 0.621. The van der Waals surface area contributed by atoms with Crippen molar-refractivity contribution in [2.45, 2.75) is 25.3 Å². The first kappa shape index (κ1) is 8.59. The van der Waals surface area contributed by atoms with E-state index in [1.165, 1.54) is 0 Å². The molecule has 1 unspecified atom stereocenters. The van der Waals surface area contributed by atoms with Crippen molar-refractivity contribution in [1.82, 2.24) is 0 Å². The van der Waals surface area contributed by atoms with Gasteiger partial charge in [-0.15, -0.1) is 0 Å². The molecule has 0 amide bonds. The molecule has 54 valence electrons. The second-order valence-electron chi connectivity index (χ2n) is 2.09. The Hall–Kier alpha value is -0.410. The van der Waals surface area contributed by atoms with Crippen molar-refractivity contribution in [3.63, 3.8) is 0 Å². The highest BCUT2D eigenvalue weighted by Gasteiger charge is 1.98. The molecule has 3 nitrogen and oxygen atoms in total. The number of nitrogens with two attached hydrogens (primary N) is 2. The summed E-state index contributed by atoms with van der Waals surface area (Å²) in [4.78, 5) is 9.87. The molecule has 0 heterocycles. The van der Waals surface area contributed by atoms with E-state index in [9.17, 15) is 4.79 Å². The van der Waals surface area contributed by atoms with E-state index in [1.54, 1.807) is 0 Å². The minimum Gasteiger partial charge on any atom is -0.330 e. The molecule has 9 heavy (non-hydrogen) atoms. The maximum atomic E-state index is 9.87. The van der Waals surface area contributed by atoms with Crippen LogP contribution in [0.4, 0.5) is 0 Å².